The molecule has 0 bridgehead atoms. The number of carbonyl (C=O) groups is 2. The molecule has 1 heterocycles. The van der Waals surface area contributed by atoms with E-state index in [9.17, 15) is 9.59 Å². The number of fused-ring (bicyclic) bond motifs is 2. The Kier molecular flexibility index (Phi) is 4.35. The van der Waals surface area contributed by atoms with Gasteiger partial charge in [-0.3, -0.25) is 9.59 Å². The zero-order valence-electron chi connectivity index (χ0n) is 15.3. The predicted molar refractivity (Wildman–Crippen MR) is 90.7 cm³/mol. The van der Waals surface area contributed by atoms with Crippen molar-refractivity contribution >= 4 is 11.8 Å². The molecular formula is C20H28O4. The zero-order chi connectivity index (χ0) is 17.6. The third-order valence-electron chi connectivity index (χ3n) is 6.58. The summed E-state index contributed by atoms with van der Waals surface area (Å²) in [5.74, 6) is 0.362. The Morgan fingerprint density at radius 2 is 2.17 bits per heavy atom. The van der Waals surface area contributed by atoms with E-state index in [0.717, 1.165) is 36.8 Å². The Morgan fingerprint density at radius 3 is 2.83 bits per heavy atom. The normalized spacial score (nSPS) is 33.5. The lowest BCUT2D eigenvalue weighted by Gasteiger charge is -2.51. The van der Waals surface area contributed by atoms with Crippen molar-refractivity contribution in [2.24, 2.45) is 23.2 Å². The summed E-state index contributed by atoms with van der Waals surface area (Å²) in [6.45, 7) is 10.1. The molecule has 4 nitrogen and oxygen atoms in total. The lowest BCUT2D eigenvalue weighted by molar-refractivity contribution is -0.170. The standard InChI is InChI=1S/C20H28O4/c1-6-11(2)19(22)24-18-15-12(3)10-23-17(15)16(21)14-9-7-8-13(4)20(14,18)5/h10-11,13-14,18H,6-9H2,1-5H3/t11?,13-,14-,18+,20+/m0/s1. The monoisotopic (exact) mass is 332 g/mol. The minimum Gasteiger partial charge on any atom is -0.461 e. The molecule has 24 heavy (non-hydrogen) atoms. The molecule has 0 spiro atoms. The van der Waals surface area contributed by atoms with Crippen LogP contribution in [-0.2, 0) is 9.53 Å². The number of ether oxygens (including phenoxy) is 1. The second-order valence-electron chi connectivity index (χ2n) is 7.90. The average molecular weight is 332 g/mol. The smallest absolute Gasteiger partial charge is 0.309 e. The summed E-state index contributed by atoms with van der Waals surface area (Å²) < 4.78 is 11.6. The van der Waals surface area contributed by atoms with Crippen LogP contribution in [0.25, 0.3) is 0 Å². The average Bonchev–Trinajstić information content (AvgIpc) is 2.94. The van der Waals surface area contributed by atoms with Crippen molar-refractivity contribution in [3.63, 3.8) is 0 Å². The molecule has 0 aliphatic heterocycles. The maximum atomic E-state index is 13.0. The minimum atomic E-state index is -0.397. The second kappa shape index (κ2) is 6.05. The van der Waals surface area contributed by atoms with Crippen LogP contribution in [0, 0.1) is 30.1 Å². The van der Waals surface area contributed by atoms with Gasteiger partial charge in [0.1, 0.15) is 6.10 Å². The summed E-state index contributed by atoms with van der Waals surface area (Å²) in [7, 11) is 0. The van der Waals surface area contributed by atoms with Gasteiger partial charge in [-0.15, -0.1) is 0 Å². The highest BCUT2D eigenvalue weighted by Gasteiger charge is 2.58. The number of hydrogen-bond donors (Lipinski definition) is 0. The molecule has 1 aromatic heterocycles. The van der Waals surface area contributed by atoms with Crippen molar-refractivity contribution in [1.29, 1.82) is 0 Å². The number of rotatable bonds is 3. The summed E-state index contributed by atoms with van der Waals surface area (Å²) in [6, 6.07) is 0. The molecular weight excluding hydrogens is 304 g/mol. The van der Waals surface area contributed by atoms with Gasteiger partial charge in [0.2, 0.25) is 5.78 Å². The first-order chi connectivity index (χ1) is 11.3. The van der Waals surface area contributed by atoms with E-state index < -0.39 is 6.10 Å². The summed E-state index contributed by atoms with van der Waals surface area (Å²) in [6.07, 6.45) is 4.91. The molecule has 5 atom stereocenters. The van der Waals surface area contributed by atoms with Crippen LogP contribution in [-0.4, -0.2) is 11.8 Å². The van der Waals surface area contributed by atoms with Gasteiger partial charge in [-0.25, -0.2) is 0 Å². The number of aryl methyl sites for hydroxylation is 1. The first-order valence-electron chi connectivity index (χ1n) is 9.15. The molecule has 2 aliphatic rings. The number of carbonyl (C=O) groups excluding carboxylic acids is 2. The molecule has 1 fully saturated rings. The van der Waals surface area contributed by atoms with Crippen LogP contribution in [0.5, 0.6) is 0 Å². The van der Waals surface area contributed by atoms with Gasteiger partial charge in [-0.1, -0.05) is 34.1 Å². The molecule has 1 unspecified atom stereocenters. The molecule has 0 radical (unpaired) electrons. The van der Waals surface area contributed by atoms with Crippen LogP contribution in [0.2, 0.25) is 0 Å². The molecule has 1 saturated carbocycles. The van der Waals surface area contributed by atoms with E-state index >= 15 is 0 Å². The second-order valence-corrected chi connectivity index (χ2v) is 7.90. The van der Waals surface area contributed by atoms with Gasteiger partial charge in [-0.05, 0) is 37.7 Å². The Bertz CT molecular complexity index is 659. The number of Topliss-reactive ketones (excluding diaryl/α,β-unsaturated/α-hetero) is 1. The molecule has 0 N–H and O–H groups in total. The SMILES string of the molecule is CCC(C)C(=O)O[C@@H]1c2c(C)coc2C(=O)[C@@H]2CCC[C@H](C)[C@@]12C. The quantitative estimate of drug-likeness (QED) is 0.742. The van der Waals surface area contributed by atoms with Crippen LogP contribution >= 0.6 is 0 Å². The first-order valence-corrected chi connectivity index (χ1v) is 9.15. The lowest BCUT2D eigenvalue weighted by atomic mass is 9.54. The van der Waals surface area contributed by atoms with Crippen LogP contribution in [0.3, 0.4) is 0 Å². The number of furan rings is 1. The van der Waals surface area contributed by atoms with E-state index in [1.165, 1.54) is 0 Å². The van der Waals surface area contributed by atoms with Gasteiger partial charge >= 0.3 is 5.97 Å². The number of ketones is 1. The predicted octanol–water partition coefficient (Wildman–Crippen LogP) is 4.86. The molecule has 2 aliphatic carbocycles. The summed E-state index contributed by atoms with van der Waals surface area (Å²) in [5, 5.41) is 0. The third kappa shape index (κ3) is 2.34. The van der Waals surface area contributed by atoms with Gasteiger partial charge in [0.25, 0.3) is 0 Å². The van der Waals surface area contributed by atoms with E-state index in [4.69, 9.17) is 9.15 Å². The van der Waals surface area contributed by atoms with Gasteiger partial charge in [0, 0.05) is 16.9 Å². The molecule has 0 amide bonds. The maximum Gasteiger partial charge on any atom is 0.309 e. The summed E-state index contributed by atoms with van der Waals surface area (Å²) in [4.78, 5) is 25.6. The van der Waals surface area contributed by atoms with Gasteiger partial charge < -0.3 is 9.15 Å². The summed E-state index contributed by atoms with van der Waals surface area (Å²) in [5.41, 5.74) is 1.34. The molecule has 1 aromatic rings. The van der Waals surface area contributed by atoms with Gasteiger partial charge in [0.05, 0.1) is 12.2 Å². The lowest BCUT2D eigenvalue weighted by Crippen LogP contribution is -2.50. The highest BCUT2D eigenvalue weighted by atomic mass is 16.5. The van der Waals surface area contributed by atoms with Crippen molar-refractivity contribution in [1.82, 2.24) is 0 Å². The Morgan fingerprint density at radius 1 is 1.46 bits per heavy atom. The van der Waals surface area contributed by atoms with Gasteiger partial charge in [0.15, 0.2) is 5.76 Å². The topological polar surface area (TPSA) is 56.5 Å². The highest BCUT2D eigenvalue weighted by Crippen LogP contribution is 2.59. The van der Waals surface area contributed by atoms with Crippen molar-refractivity contribution in [3.05, 3.63) is 23.2 Å². The first kappa shape index (κ1) is 17.2. The Hall–Kier alpha value is -1.58. The van der Waals surface area contributed by atoms with E-state index in [-0.39, 0.29) is 29.0 Å². The zero-order valence-corrected chi connectivity index (χ0v) is 15.3. The van der Waals surface area contributed by atoms with Crippen LogP contribution in [0.4, 0.5) is 0 Å². The molecule has 0 saturated heterocycles. The van der Waals surface area contributed by atoms with Crippen LogP contribution < -0.4 is 0 Å². The van der Waals surface area contributed by atoms with Crippen molar-refractivity contribution in [3.8, 4) is 0 Å². The van der Waals surface area contributed by atoms with E-state index in [0.29, 0.717) is 11.7 Å². The van der Waals surface area contributed by atoms with Crippen molar-refractivity contribution < 1.29 is 18.7 Å². The molecule has 132 valence electrons. The van der Waals surface area contributed by atoms with E-state index in [2.05, 4.69) is 13.8 Å². The summed E-state index contributed by atoms with van der Waals surface area (Å²) >= 11 is 0. The van der Waals surface area contributed by atoms with E-state index in [1.807, 2.05) is 20.8 Å². The van der Waals surface area contributed by atoms with Crippen LogP contribution in [0.1, 0.15) is 81.2 Å². The van der Waals surface area contributed by atoms with Crippen molar-refractivity contribution in [2.45, 2.75) is 66.4 Å². The molecule has 4 heteroatoms. The maximum absolute atomic E-state index is 13.0. The third-order valence-corrected chi connectivity index (χ3v) is 6.58. The molecule has 0 aromatic carbocycles. The highest BCUT2D eigenvalue weighted by molar-refractivity contribution is 5.99. The van der Waals surface area contributed by atoms with Crippen LogP contribution in [0.15, 0.2) is 10.7 Å². The fourth-order valence-electron chi connectivity index (χ4n) is 4.47. The minimum absolute atomic E-state index is 0.0861. The number of esters is 1. The fourth-order valence-corrected chi connectivity index (χ4v) is 4.47. The van der Waals surface area contributed by atoms with Gasteiger partial charge in [-0.2, -0.15) is 0 Å². The number of hydrogen-bond acceptors (Lipinski definition) is 4. The largest absolute Gasteiger partial charge is 0.461 e. The molecule has 3 rings (SSSR count). The van der Waals surface area contributed by atoms with E-state index in [1.54, 1.807) is 6.26 Å². The van der Waals surface area contributed by atoms with Crippen molar-refractivity contribution in [2.75, 3.05) is 0 Å². The fraction of sp³-hybridized carbons (Fsp3) is 0.700. The Balaban J connectivity index is 2.10. The Labute approximate surface area is 143 Å².